The van der Waals surface area contributed by atoms with Crippen molar-refractivity contribution in [3.05, 3.63) is 108 Å². The van der Waals surface area contributed by atoms with Gasteiger partial charge in [-0.05, 0) is 86.4 Å². The molecule has 2 aliphatic heterocycles. The molecular weight excluding hydrogens is 638 g/mol. The van der Waals surface area contributed by atoms with Crippen molar-refractivity contribution in [3.63, 3.8) is 0 Å². The Kier molecular flexibility index (Phi) is 12.5. The van der Waals surface area contributed by atoms with Crippen molar-refractivity contribution in [1.82, 2.24) is 15.5 Å². The smallest absolute Gasteiger partial charge is 0.316 e. The molecule has 3 unspecified atom stereocenters. The van der Waals surface area contributed by atoms with Crippen molar-refractivity contribution in [1.29, 1.82) is 0 Å². The normalized spacial score (nSPS) is 24.8. The number of nitrogens with one attached hydrogen (secondary N) is 2. The summed E-state index contributed by atoms with van der Waals surface area (Å²) in [6, 6.07) is 29.0. The summed E-state index contributed by atoms with van der Waals surface area (Å²) in [6.07, 6.45) is 9.78. The van der Waals surface area contributed by atoms with E-state index in [9.17, 15) is 19.8 Å². The lowest BCUT2D eigenvalue weighted by molar-refractivity contribution is -0.155. The van der Waals surface area contributed by atoms with Gasteiger partial charge in [0, 0.05) is 31.0 Å². The number of carbonyl (C=O) groups is 2. The standard InChI is InChI=1S/C43H57N3O5/c1-30(2)26-40(43(50,33-14-8-4-9-15-33)34-16-10-5-11-17-34)45-42(49)44-35-20-18-31(19-21-35)24-25-46-36-22-23-37(46)28-38(27-36)51-41(48)39(29-47)32-12-6-3-7-13-32/h3-17,30-31,35-40,47,50H,18-29H2,1-2H3,(H2,44,45,49)/t31?,35?,36?,37?,38?,39?,40-/m1/s1. The van der Waals surface area contributed by atoms with Crippen molar-refractivity contribution < 1.29 is 24.5 Å². The number of nitrogens with zero attached hydrogens (tertiary/aromatic N) is 1. The van der Waals surface area contributed by atoms with Crippen molar-refractivity contribution >= 4 is 12.0 Å². The summed E-state index contributed by atoms with van der Waals surface area (Å²) in [6.45, 7) is 5.05. The van der Waals surface area contributed by atoms with E-state index < -0.39 is 17.6 Å². The summed E-state index contributed by atoms with van der Waals surface area (Å²) in [7, 11) is 0. The average Bonchev–Trinajstić information content (AvgIpc) is 3.39. The minimum Gasteiger partial charge on any atom is -0.462 e. The highest BCUT2D eigenvalue weighted by atomic mass is 16.5. The number of aliphatic hydroxyl groups excluding tert-OH is 1. The molecule has 51 heavy (non-hydrogen) atoms. The van der Waals surface area contributed by atoms with Gasteiger partial charge >= 0.3 is 12.0 Å². The summed E-state index contributed by atoms with van der Waals surface area (Å²) in [4.78, 5) is 29.2. The number of piperidine rings is 1. The van der Waals surface area contributed by atoms with Crippen LogP contribution in [0, 0.1) is 11.8 Å². The van der Waals surface area contributed by atoms with Gasteiger partial charge in [-0.25, -0.2) is 4.79 Å². The first-order valence-electron chi connectivity index (χ1n) is 19.3. The molecule has 0 radical (unpaired) electrons. The van der Waals surface area contributed by atoms with Crippen LogP contribution in [0.25, 0.3) is 0 Å². The molecule has 274 valence electrons. The fourth-order valence-electron chi connectivity index (χ4n) is 9.00. The molecule has 1 saturated carbocycles. The van der Waals surface area contributed by atoms with Gasteiger partial charge in [0.05, 0.1) is 12.6 Å². The minimum atomic E-state index is -1.37. The van der Waals surface area contributed by atoms with Gasteiger partial charge in [0.15, 0.2) is 0 Å². The lowest BCUT2D eigenvalue weighted by atomic mass is 9.77. The second-order valence-corrected chi connectivity index (χ2v) is 15.6. The van der Waals surface area contributed by atoms with Gasteiger partial charge in [-0.1, -0.05) is 105 Å². The van der Waals surface area contributed by atoms with Gasteiger partial charge < -0.3 is 25.6 Å². The molecule has 0 spiro atoms. The van der Waals surface area contributed by atoms with Gasteiger partial charge in [0.25, 0.3) is 0 Å². The van der Waals surface area contributed by atoms with E-state index in [1.165, 1.54) is 0 Å². The maximum Gasteiger partial charge on any atom is 0.316 e. The first kappa shape index (κ1) is 37.1. The van der Waals surface area contributed by atoms with E-state index in [0.29, 0.717) is 24.4 Å². The molecule has 4 N–H and O–H groups in total. The average molecular weight is 696 g/mol. The number of amides is 2. The van der Waals surface area contributed by atoms with E-state index in [-0.39, 0.29) is 36.7 Å². The molecule has 8 heteroatoms. The van der Waals surface area contributed by atoms with Gasteiger partial charge in [-0.2, -0.15) is 0 Å². The quantitative estimate of drug-likeness (QED) is 0.137. The van der Waals surface area contributed by atoms with Gasteiger partial charge in [0.1, 0.15) is 17.6 Å². The van der Waals surface area contributed by atoms with Crippen LogP contribution < -0.4 is 10.6 Å². The van der Waals surface area contributed by atoms with Crippen molar-refractivity contribution in [2.24, 2.45) is 11.8 Å². The fraction of sp³-hybridized carbons (Fsp3) is 0.535. The molecule has 8 nitrogen and oxygen atoms in total. The second-order valence-electron chi connectivity index (χ2n) is 15.6. The molecule has 3 aromatic rings. The van der Waals surface area contributed by atoms with Gasteiger partial charge in [-0.3, -0.25) is 9.69 Å². The zero-order valence-corrected chi connectivity index (χ0v) is 30.3. The maximum atomic E-state index is 13.5. The van der Waals surface area contributed by atoms with Crippen LogP contribution in [-0.4, -0.2) is 70.5 Å². The SMILES string of the molecule is CC(C)C[C@@H](NC(=O)NC1CCC(CCN2C3CCC2CC(OC(=O)C(CO)c2ccccc2)C3)CC1)C(O)(c1ccccc1)c1ccccc1. The van der Waals surface area contributed by atoms with E-state index >= 15 is 0 Å². The molecule has 1 aliphatic carbocycles. The molecule has 2 saturated heterocycles. The predicted octanol–water partition coefficient (Wildman–Crippen LogP) is 6.90. The van der Waals surface area contributed by atoms with Crippen molar-refractivity contribution in [2.75, 3.05) is 13.2 Å². The Morgan fingerprint density at radius 2 is 1.37 bits per heavy atom. The minimum absolute atomic E-state index is 0.0896. The molecule has 3 fully saturated rings. The summed E-state index contributed by atoms with van der Waals surface area (Å²) in [5.41, 5.74) is 0.950. The fourth-order valence-corrected chi connectivity index (χ4v) is 9.00. The number of hydrogen-bond donors (Lipinski definition) is 4. The molecule has 6 rings (SSSR count). The summed E-state index contributed by atoms with van der Waals surface area (Å²) >= 11 is 0. The maximum absolute atomic E-state index is 13.5. The van der Waals surface area contributed by atoms with E-state index in [1.54, 1.807) is 0 Å². The topological polar surface area (TPSA) is 111 Å². The number of esters is 1. The number of hydrogen-bond acceptors (Lipinski definition) is 6. The highest BCUT2D eigenvalue weighted by Gasteiger charge is 2.43. The van der Waals surface area contributed by atoms with Gasteiger partial charge in [0.2, 0.25) is 0 Å². The van der Waals surface area contributed by atoms with E-state index in [0.717, 1.165) is 81.0 Å². The number of carbonyl (C=O) groups excluding carboxylic acids is 2. The van der Waals surface area contributed by atoms with E-state index in [1.807, 2.05) is 91.0 Å². The molecule has 3 aromatic carbocycles. The Labute approximate surface area is 304 Å². The lowest BCUT2D eigenvalue weighted by Crippen LogP contribution is -2.56. The van der Waals surface area contributed by atoms with Crippen LogP contribution in [0.1, 0.15) is 101 Å². The summed E-state index contributed by atoms with van der Waals surface area (Å²) in [5.74, 6) is -0.0591. The number of benzene rings is 3. The van der Waals surface area contributed by atoms with E-state index in [4.69, 9.17) is 4.74 Å². The van der Waals surface area contributed by atoms with Crippen LogP contribution in [0.15, 0.2) is 91.0 Å². The highest BCUT2D eigenvalue weighted by Crippen LogP contribution is 2.39. The molecule has 2 amide bonds. The largest absolute Gasteiger partial charge is 0.462 e. The van der Waals surface area contributed by atoms with Crippen LogP contribution in [0.4, 0.5) is 4.79 Å². The van der Waals surface area contributed by atoms with Crippen molar-refractivity contribution in [2.45, 2.75) is 120 Å². The Balaban J connectivity index is 0.974. The number of fused-ring (bicyclic) bond motifs is 2. The van der Waals surface area contributed by atoms with Crippen LogP contribution in [0.5, 0.6) is 0 Å². The number of rotatable bonds is 14. The Bertz CT molecular complexity index is 1480. The first-order valence-corrected chi connectivity index (χ1v) is 19.3. The molecule has 2 heterocycles. The molecule has 2 bridgehead atoms. The Morgan fingerprint density at radius 3 is 1.90 bits per heavy atom. The number of urea groups is 1. The number of ether oxygens (including phenoxy) is 1. The zero-order chi connectivity index (χ0) is 35.8. The van der Waals surface area contributed by atoms with Crippen LogP contribution in [0.3, 0.4) is 0 Å². The molecule has 3 aliphatic rings. The van der Waals surface area contributed by atoms with Crippen LogP contribution in [-0.2, 0) is 15.1 Å². The zero-order valence-electron chi connectivity index (χ0n) is 30.3. The third-order valence-corrected chi connectivity index (χ3v) is 11.7. The highest BCUT2D eigenvalue weighted by molar-refractivity contribution is 5.78. The third-order valence-electron chi connectivity index (χ3n) is 11.7. The van der Waals surface area contributed by atoms with Gasteiger partial charge in [-0.15, -0.1) is 0 Å². The first-order chi connectivity index (χ1) is 24.7. The predicted molar refractivity (Wildman–Crippen MR) is 200 cm³/mol. The summed E-state index contributed by atoms with van der Waals surface area (Å²) in [5, 5.41) is 28.8. The van der Waals surface area contributed by atoms with Crippen LogP contribution in [0.2, 0.25) is 0 Å². The molecular formula is C43H57N3O5. The van der Waals surface area contributed by atoms with E-state index in [2.05, 4.69) is 29.4 Å². The summed E-state index contributed by atoms with van der Waals surface area (Å²) < 4.78 is 5.99. The van der Waals surface area contributed by atoms with Crippen molar-refractivity contribution in [3.8, 4) is 0 Å². The molecule has 4 atom stereocenters. The van der Waals surface area contributed by atoms with Crippen LogP contribution >= 0.6 is 0 Å². The molecule has 0 aromatic heterocycles. The Morgan fingerprint density at radius 1 is 0.824 bits per heavy atom. The second kappa shape index (κ2) is 17.2. The monoisotopic (exact) mass is 695 g/mol. The number of aliphatic hydroxyl groups is 2. The Hall–Kier alpha value is -3.72. The third kappa shape index (κ3) is 9.02. The lowest BCUT2D eigenvalue weighted by Gasteiger charge is -2.40.